The van der Waals surface area contributed by atoms with Crippen LogP contribution >= 0.6 is 7.52 Å². The smallest absolute Gasteiger partial charge is 0.323 e. The molecule has 5 aromatic carbocycles. The summed E-state index contributed by atoms with van der Waals surface area (Å²) < 4.78 is 26.8. The Balaban J connectivity index is 0.922. The van der Waals surface area contributed by atoms with Crippen LogP contribution in [0.25, 0.3) is 21.5 Å². The lowest BCUT2D eigenvalue weighted by molar-refractivity contribution is -0.148. The Bertz CT molecular complexity index is 2590. The van der Waals surface area contributed by atoms with E-state index in [0.29, 0.717) is 36.3 Å². The number of carbonyl (C=O) groups is 4. The molecule has 0 aromatic heterocycles. The summed E-state index contributed by atoms with van der Waals surface area (Å²) in [6, 6.07) is 32.6. The Morgan fingerprint density at radius 3 is 2.42 bits per heavy atom. The Morgan fingerprint density at radius 1 is 0.844 bits per heavy atom. The van der Waals surface area contributed by atoms with Crippen LogP contribution in [0.1, 0.15) is 112 Å². The van der Waals surface area contributed by atoms with Crippen molar-refractivity contribution < 1.29 is 33.0 Å². The predicted molar refractivity (Wildman–Crippen MR) is 249 cm³/mol. The Kier molecular flexibility index (Phi) is 12.7. The van der Waals surface area contributed by atoms with Crippen molar-refractivity contribution in [3.8, 4) is 5.75 Å². The zero-order valence-corrected chi connectivity index (χ0v) is 37.8. The van der Waals surface area contributed by atoms with Crippen LogP contribution in [0.2, 0.25) is 0 Å². The first-order valence-electron chi connectivity index (χ1n) is 23.3. The molecule has 64 heavy (non-hydrogen) atoms. The number of unbranched alkanes of at least 4 members (excludes halogenated alkanes) is 1. The topological polar surface area (TPSA) is 134 Å². The number of hydrogen-bond acceptors (Lipinski definition) is 7. The average Bonchev–Trinajstić information content (AvgIpc) is 3.79. The van der Waals surface area contributed by atoms with E-state index >= 15 is 0 Å². The molecule has 6 atom stereocenters. The van der Waals surface area contributed by atoms with Crippen molar-refractivity contribution in [3.63, 3.8) is 0 Å². The molecular weight excluding hydrogens is 824 g/mol. The summed E-state index contributed by atoms with van der Waals surface area (Å²) in [6.45, 7) is 4.59. The highest BCUT2D eigenvalue weighted by molar-refractivity contribution is 7.56. The maximum absolute atomic E-state index is 14.9. The first kappa shape index (κ1) is 43.7. The van der Waals surface area contributed by atoms with Crippen molar-refractivity contribution in [2.75, 3.05) is 13.2 Å². The van der Waals surface area contributed by atoms with Crippen LogP contribution in [0.15, 0.2) is 109 Å². The second-order valence-corrected chi connectivity index (χ2v) is 20.6. The Labute approximate surface area is 375 Å². The van der Waals surface area contributed by atoms with Gasteiger partial charge in [0.15, 0.2) is 0 Å². The molecule has 3 aliphatic heterocycles. The number of esters is 1. The van der Waals surface area contributed by atoms with E-state index in [4.69, 9.17) is 9.26 Å². The van der Waals surface area contributed by atoms with Crippen molar-refractivity contribution in [2.45, 2.75) is 126 Å². The van der Waals surface area contributed by atoms with Gasteiger partial charge in [-0.1, -0.05) is 117 Å². The summed E-state index contributed by atoms with van der Waals surface area (Å²) in [7, 11) is -3.81. The van der Waals surface area contributed by atoms with Crippen molar-refractivity contribution in [3.05, 3.63) is 126 Å². The van der Waals surface area contributed by atoms with Gasteiger partial charge in [0, 0.05) is 35.0 Å². The van der Waals surface area contributed by atoms with E-state index in [0.717, 1.165) is 79.3 Å². The van der Waals surface area contributed by atoms with Crippen LogP contribution in [-0.4, -0.2) is 76.3 Å². The monoisotopic (exact) mass is 882 g/mol. The maximum atomic E-state index is 14.9. The molecule has 11 nitrogen and oxygen atoms in total. The van der Waals surface area contributed by atoms with Crippen molar-refractivity contribution >= 4 is 52.8 Å². The number of nitrogens with one attached hydrogen (secondary N) is 2. The molecule has 0 bridgehead atoms. The molecule has 9 rings (SSSR count). The third-order valence-electron chi connectivity index (χ3n) is 13.9. The van der Waals surface area contributed by atoms with Gasteiger partial charge in [0.2, 0.25) is 11.8 Å². The fraction of sp³-hybridized carbons (Fsp3) is 0.423. The van der Waals surface area contributed by atoms with Gasteiger partial charge < -0.3 is 24.4 Å². The zero-order valence-electron chi connectivity index (χ0n) is 36.9. The van der Waals surface area contributed by atoms with Gasteiger partial charge in [-0.15, -0.1) is 0 Å². The van der Waals surface area contributed by atoms with Gasteiger partial charge in [-0.2, -0.15) is 0 Å². The van der Waals surface area contributed by atoms with Crippen molar-refractivity contribution in [2.24, 2.45) is 0 Å². The molecule has 4 aliphatic rings. The average molecular weight is 883 g/mol. The minimum Gasteiger partial charge on any atom is -0.465 e. The largest absolute Gasteiger partial charge is 0.465 e. The lowest BCUT2D eigenvalue weighted by Gasteiger charge is -2.37. The molecule has 3 heterocycles. The molecule has 2 N–H and O–H groups in total. The molecule has 2 unspecified atom stereocenters. The van der Waals surface area contributed by atoms with Crippen LogP contribution in [0.5, 0.6) is 5.75 Å². The molecular formula is C52H59N4O7P. The second-order valence-electron chi connectivity index (χ2n) is 18.5. The molecule has 5 aromatic rings. The van der Waals surface area contributed by atoms with E-state index in [1.807, 2.05) is 78.6 Å². The quantitative estimate of drug-likeness (QED) is 0.0640. The highest BCUT2D eigenvalue weighted by Crippen LogP contribution is 2.55. The zero-order chi connectivity index (χ0) is 44.4. The molecule has 12 heteroatoms. The van der Waals surface area contributed by atoms with E-state index in [2.05, 4.69) is 39.6 Å². The fourth-order valence-corrected chi connectivity index (χ4v) is 12.4. The molecule has 3 saturated heterocycles. The molecule has 0 radical (unpaired) electrons. The summed E-state index contributed by atoms with van der Waals surface area (Å²) in [4.78, 5) is 60.2. The number of fused-ring (bicyclic) bond motifs is 3. The minimum absolute atomic E-state index is 0.0207. The number of hydrogen-bond donors (Lipinski definition) is 2. The van der Waals surface area contributed by atoms with Crippen LogP contribution in [0.3, 0.4) is 0 Å². The van der Waals surface area contributed by atoms with Gasteiger partial charge in [-0.3, -0.25) is 23.7 Å². The molecule has 4 fully saturated rings. The van der Waals surface area contributed by atoms with Gasteiger partial charge in [0.05, 0.1) is 12.8 Å². The molecule has 334 valence electrons. The summed E-state index contributed by atoms with van der Waals surface area (Å²) in [5.41, 5.74) is 2.22. The summed E-state index contributed by atoms with van der Waals surface area (Å²) >= 11 is 0. The SMILES string of the molecule is CCCCOC(=O)[C@H](C)NP(=O)(Cc1ccc2ccc(C(=O)N[C@H]3CCCC[C@H]4CC[C@@H](C(=O)N5CC(c6ccccc6)CC56CC6)N4C3=O)cc2c1)Oc1cccc2ccccc12. The summed E-state index contributed by atoms with van der Waals surface area (Å²) in [6.07, 6.45) is 9.04. The third kappa shape index (κ3) is 9.20. The van der Waals surface area contributed by atoms with Gasteiger partial charge in [0.25, 0.3) is 5.91 Å². The number of likely N-dealkylation sites (tertiary alicyclic amines) is 1. The normalized spacial score (nSPS) is 22.9. The van der Waals surface area contributed by atoms with Crippen LogP contribution in [-0.2, 0) is 29.8 Å². The number of ether oxygens (including phenoxy) is 1. The molecule has 3 amide bonds. The predicted octanol–water partition coefficient (Wildman–Crippen LogP) is 9.67. The maximum Gasteiger partial charge on any atom is 0.323 e. The molecule has 1 aliphatic carbocycles. The molecule has 1 saturated carbocycles. The first-order valence-corrected chi connectivity index (χ1v) is 25.1. The first-order chi connectivity index (χ1) is 31.0. The van der Waals surface area contributed by atoms with Crippen molar-refractivity contribution in [1.82, 2.24) is 20.2 Å². The van der Waals surface area contributed by atoms with E-state index < -0.39 is 31.6 Å². The number of amides is 3. The van der Waals surface area contributed by atoms with E-state index in [1.165, 1.54) is 5.56 Å². The number of nitrogens with zero attached hydrogens (tertiary/aromatic N) is 2. The van der Waals surface area contributed by atoms with Crippen molar-refractivity contribution in [1.29, 1.82) is 0 Å². The second kappa shape index (κ2) is 18.5. The van der Waals surface area contributed by atoms with Crippen LogP contribution < -0.4 is 14.9 Å². The minimum atomic E-state index is -3.81. The van der Waals surface area contributed by atoms with E-state index in [1.54, 1.807) is 25.1 Å². The van der Waals surface area contributed by atoms with Gasteiger partial charge in [-0.25, -0.2) is 5.09 Å². The van der Waals surface area contributed by atoms with Crippen LogP contribution in [0, 0.1) is 0 Å². The third-order valence-corrected chi connectivity index (χ3v) is 16.0. The lowest BCUT2D eigenvalue weighted by atomic mass is 9.96. The lowest BCUT2D eigenvalue weighted by Crippen LogP contribution is -2.57. The number of carbonyl (C=O) groups excluding carboxylic acids is 4. The summed E-state index contributed by atoms with van der Waals surface area (Å²) in [5, 5.41) is 9.44. The standard InChI is InChI=1S/C52H59N4O7P/c1-3-4-29-62-51(60)35(2)54-64(61,63-47-20-12-16-39-15-8-10-18-44(39)47)34-36-21-22-38-23-24-40(31-41(38)30-36)48(57)53-45-19-11-9-17-43-25-26-46(56(43)49(45)58)50(59)55-33-42(32-52(55)27-28-52)37-13-6-5-7-14-37/h5-8,10,12-16,18,20-24,30-31,35,42-43,45-46H,3-4,9,11,17,19,25-29,32-34H2,1-2H3,(H,53,57)(H,54,61)/t35-,42?,43-,45-,46-,64?/m0/s1. The highest BCUT2D eigenvalue weighted by atomic mass is 31.2. The van der Waals surface area contributed by atoms with Gasteiger partial charge >= 0.3 is 13.5 Å². The number of benzene rings is 5. The number of rotatable bonds is 14. The van der Waals surface area contributed by atoms with E-state index in [9.17, 15) is 23.7 Å². The highest BCUT2D eigenvalue weighted by Gasteiger charge is 2.58. The van der Waals surface area contributed by atoms with Gasteiger partial charge in [-0.05, 0) is 104 Å². The Hall–Kier alpha value is -5.51. The fourth-order valence-electron chi connectivity index (χ4n) is 10.4. The van der Waals surface area contributed by atoms with Crippen LogP contribution in [0.4, 0.5) is 0 Å². The summed E-state index contributed by atoms with van der Waals surface area (Å²) in [5.74, 6) is -0.264. The van der Waals surface area contributed by atoms with E-state index in [-0.39, 0.29) is 48.0 Å². The van der Waals surface area contributed by atoms with Gasteiger partial charge in [0.1, 0.15) is 23.9 Å². The molecule has 1 spiro atoms. The Morgan fingerprint density at radius 2 is 1.61 bits per heavy atom.